The number of benzene rings is 1. The second-order valence-corrected chi connectivity index (χ2v) is 5.68. The molecule has 0 aliphatic carbocycles. The third-order valence-corrected chi connectivity index (χ3v) is 4.27. The van der Waals surface area contributed by atoms with Gasteiger partial charge in [0.05, 0.1) is 14.2 Å². The average molecular weight is 335 g/mol. The van der Waals surface area contributed by atoms with Gasteiger partial charge in [-0.25, -0.2) is 4.79 Å². The van der Waals surface area contributed by atoms with Crippen LogP contribution >= 0.6 is 0 Å². The molecule has 0 saturated carbocycles. The van der Waals surface area contributed by atoms with Gasteiger partial charge in [0.15, 0.2) is 0 Å². The first-order chi connectivity index (χ1) is 11.6. The largest absolute Gasteiger partial charge is 0.497 e. The molecule has 1 aromatic rings. The molecule has 3 amide bonds. The number of likely N-dealkylation sites (tertiary alicyclic amines) is 1. The summed E-state index contributed by atoms with van der Waals surface area (Å²) in [6, 6.07) is 5.55. The van der Waals surface area contributed by atoms with Crippen molar-refractivity contribution in [3.05, 3.63) is 23.8 Å². The van der Waals surface area contributed by atoms with E-state index in [0.717, 1.165) is 36.4 Å². The normalized spacial score (nSPS) is 17.4. The Morgan fingerprint density at radius 1 is 1.29 bits per heavy atom. The molecule has 0 aromatic heterocycles. The summed E-state index contributed by atoms with van der Waals surface area (Å²) in [6.07, 6.45) is 2.36. The van der Waals surface area contributed by atoms with Crippen molar-refractivity contribution in [1.82, 2.24) is 15.5 Å². The number of urea groups is 1. The predicted molar refractivity (Wildman–Crippen MR) is 90.3 cm³/mol. The van der Waals surface area contributed by atoms with Crippen LogP contribution in [0.4, 0.5) is 4.79 Å². The summed E-state index contributed by atoms with van der Waals surface area (Å²) in [5, 5.41) is 4.66. The van der Waals surface area contributed by atoms with Crippen molar-refractivity contribution >= 4 is 11.9 Å². The molecule has 1 aliphatic rings. The summed E-state index contributed by atoms with van der Waals surface area (Å²) in [4.78, 5) is 25.2. The number of carbonyl (C=O) groups is 2. The zero-order valence-corrected chi connectivity index (χ0v) is 14.4. The van der Waals surface area contributed by atoms with Gasteiger partial charge in [0.2, 0.25) is 5.91 Å². The summed E-state index contributed by atoms with van der Waals surface area (Å²) < 4.78 is 10.7. The lowest BCUT2D eigenvalue weighted by atomic mass is 10.0. The lowest BCUT2D eigenvalue weighted by Crippen LogP contribution is -2.39. The highest BCUT2D eigenvalue weighted by Crippen LogP contribution is 2.38. The first-order valence-electron chi connectivity index (χ1n) is 8.06. The molecule has 0 unspecified atom stereocenters. The van der Waals surface area contributed by atoms with Gasteiger partial charge in [-0.3, -0.25) is 15.0 Å². The lowest BCUT2D eigenvalue weighted by molar-refractivity contribution is -0.120. The van der Waals surface area contributed by atoms with Crippen molar-refractivity contribution in [2.45, 2.75) is 25.3 Å². The van der Waals surface area contributed by atoms with Gasteiger partial charge in [-0.2, -0.15) is 0 Å². The van der Waals surface area contributed by atoms with Crippen molar-refractivity contribution in [2.75, 3.05) is 34.4 Å². The fourth-order valence-electron chi connectivity index (χ4n) is 3.04. The van der Waals surface area contributed by atoms with Gasteiger partial charge in [0, 0.05) is 37.7 Å². The number of carbonyl (C=O) groups excluding carboxylic acids is 2. The van der Waals surface area contributed by atoms with Gasteiger partial charge < -0.3 is 14.8 Å². The van der Waals surface area contributed by atoms with Gasteiger partial charge in [-0.15, -0.1) is 0 Å². The van der Waals surface area contributed by atoms with E-state index in [4.69, 9.17) is 9.47 Å². The molecular weight excluding hydrogens is 310 g/mol. The van der Waals surface area contributed by atoms with Crippen LogP contribution in [0.1, 0.15) is 30.9 Å². The zero-order valence-electron chi connectivity index (χ0n) is 14.4. The van der Waals surface area contributed by atoms with E-state index in [1.807, 2.05) is 18.2 Å². The molecule has 24 heavy (non-hydrogen) atoms. The highest BCUT2D eigenvalue weighted by atomic mass is 16.5. The van der Waals surface area contributed by atoms with E-state index in [1.165, 1.54) is 7.05 Å². The average Bonchev–Trinajstić information content (AvgIpc) is 3.07. The fraction of sp³-hybridized carbons (Fsp3) is 0.529. The highest BCUT2D eigenvalue weighted by molar-refractivity contribution is 5.94. The van der Waals surface area contributed by atoms with Crippen LogP contribution in [-0.2, 0) is 4.79 Å². The second-order valence-electron chi connectivity index (χ2n) is 5.68. The van der Waals surface area contributed by atoms with Crippen LogP contribution in [0, 0.1) is 0 Å². The van der Waals surface area contributed by atoms with Crippen LogP contribution < -0.4 is 20.1 Å². The van der Waals surface area contributed by atoms with Gasteiger partial charge >= 0.3 is 6.03 Å². The molecule has 2 N–H and O–H groups in total. The molecular formula is C17H25N3O4. The van der Waals surface area contributed by atoms with Crippen molar-refractivity contribution in [2.24, 2.45) is 0 Å². The molecule has 1 fully saturated rings. The maximum atomic E-state index is 11.8. The minimum Gasteiger partial charge on any atom is -0.497 e. The molecule has 1 heterocycles. The monoisotopic (exact) mass is 335 g/mol. The number of hydrogen-bond acceptors (Lipinski definition) is 5. The molecule has 1 aliphatic heterocycles. The van der Waals surface area contributed by atoms with E-state index in [9.17, 15) is 9.59 Å². The number of rotatable bonds is 6. The summed E-state index contributed by atoms with van der Waals surface area (Å²) in [7, 11) is 4.75. The van der Waals surface area contributed by atoms with Gasteiger partial charge in [0.1, 0.15) is 11.5 Å². The summed E-state index contributed by atoms with van der Waals surface area (Å²) >= 11 is 0. The topological polar surface area (TPSA) is 79.9 Å². The Balaban J connectivity index is 2.02. The molecule has 0 radical (unpaired) electrons. The van der Waals surface area contributed by atoms with Crippen LogP contribution in [-0.4, -0.2) is 51.2 Å². The SMILES string of the molecule is CNC(=O)NC(=O)CCN1CCC[C@@H]1c1ccc(OC)cc1OC. The van der Waals surface area contributed by atoms with Crippen LogP contribution in [0.3, 0.4) is 0 Å². The number of imide groups is 1. The van der Waals surface area contributed by atoms with Gasteiger partial charge in [-0.05, 0) is 25.5 Å². The number of nitrogens with one attached hydrogen (secondary N) is 2. The molecule has 7 nitrogen and oxygen atoms in total. The number of methoxy groups -OCH3 is 2. The minimum absolute atomic E-state index is 0.207. The summed E-state index contributed by atoms with van der Waals surface area (Å²) in [5.74, 6) is 1.27. The molecule has 132 valence electrons. The predicted octanol–water partition coefficient (Wildman–Crippen LogP) is 1.69. The molecule has 7 heteroatoms. The van der Waals surface area contributed by atoms with Crippen molar-refractivity contribution < 1.29 is 19.1 Å². The Bertz CT molecular complexity index is 591. The Morgan fingerprint density at radius 3 is 2.75 bits per heavy atom. The first kappa shape index (κ1) is 18.1. The van der Waals surface area contributed by atoms with Crippen LogP contribution in [0.15, 0.2) is 18.2 Å². The van der Waals surface area contributed by atoms with Crippen LogP contribution in [0.2, 0.25) is 0 Å². The molecule has 1 aromatic carbocycles. The standard InChI is InChI=1S/C17H25N3O4/c1-18-17(22)19-16(21)8-10-20-9-4-5-14(20)13-7-6-12(23-2)11-15(13)24-3/h6-7,11,14H,4-5,8-10H2,1-3H3,(H2,18,19,21,22)/t14-/m1/s1. The van der Waals surface area contributed by atoms with E-state index in [-0.39, 0.29) is 18.4 Å². The summed E-state index contributed by atoms with van der Waals surface area (Å²) in [5.41, 5.74) is 1.10. The van der Waals surface area contributed by atoms with Crippen molar-refractivity contribution in [3.8, 4) is 11.5 Å². The van der Waals surface area contributed by atoms with E-state index in [2.05, 4.69) is 15.5 Å². The van der Waals surface area contributed by atoms with E-state index >= 15 is 0 Å². The highest BCUT2D eigenvalue weighted by Gasteiger charge is 2.28. The van der Waals surface area contributed by atoms with Crippen LogP contribution in [0.25, 0.3) is 0 Å². The smallest absolute Gasteiger partial charge is 0.321 e. The number of amides is 3. The van der Waals surface area contributed by atoms with E-state index < -0.39 is 6.03 Å². The summed E-state index contributed by atoms with van der Waals surface area (Å²) in [6.45, 7) is 1.52. The van der Waals surface area contributed by atoms with E-state index in [1.54, 1.807) is 14.2 Å². The number of hydrogen-bond donors (Lipinski definition) is 2. The fourth-order valence-corrected chi connectivity index (χ4v) is 3.04. The first-order valence-corrected chi connectivity index (χ1v) is 8.06. The second kappa shape index (κ2) is 8.54. The number of ether oxygens (including phenoxy) is 2. The third-order valence-electron chi connectivity index (χ3n) is 4.27. The van der Waals surface area contributed by atoms with Gasteiger partial charge in [0.25, 0.3) is 0 Å². The van der Waals surface area contributed by atoms with Gasteiger partial charge in [-0.1, -0.05) is 6.07 Å². The van der Waals surface area contributed by atoms with Crippen molar-refractivity contribution in [1.29, 1.82) is 0 Å². The molecule has 0 bridgehead atoms. The molecule has 1 atom stereocenters. The molecule has 1 saturated heterocycles. The molecule has 0 spiro atoms. The quantitative estimate of drug-likeness (QED) is 0.827. The Hall–Kier alpha value is -2.28. The van der Waals surface area contributed by atoms with Crippen molar-refractivity contribution in [3.63, 3.8) is 0 Å². The lowest BCUT2D eigenvalue weighted by Gasteiger charge is -2.26. The third kappa shape index (κ3) is 4.38. The Morgan fingerprint density at radius 2 is 2.08 bits per heavy atom. The van der Waals surface area contributed by atoms with E-state index in [0.29, 0.717) is 6.54 Å². The number of nitrogens with zero attached hydrogens (tertiary/aromatic N) is 1. The minimum atomic E-state index is -0.477. The molecule has 2 rings (SSSR count). The Kier molecular flexibility index (Phi) is 6.43. The van der Waals surface area contributed by atoms with Crippen LogP contribution in [0.5, 0.6) is 11.5 Å². The zero-order chi connectivity index (χ0) is 17.5. The maximum Gasteiger partial charge on any atom is 0.321 e. The maximum absolute atomic E-state index is 11.8. The Labute approximate surface area is 142 Å².